The van der Waals surface area contributed by atoms with Crippen LogP contribution < -0.4 is 0 Å². The predicted molar refractivity (Wildman–Crippen MR) is 82.2 cm³/mol. The normalized spacial score (nSPS) is 21.9. The number of hydrogen-bond acceptors (Lipinski definition) is 4. The third-order valence-electron chi connectivity index (χ3n) is 3.90. The molecule has 2 saturated heterocycles. The Bertz CT molecular complexity index is 522. The highest BCUT2D eigenvalue weighted by Crippen LogP contribution is 2.55. The molecule has 4 nitrogen and oxygen atoms in total. The Kier molecular flexibility index (Phi) is 4.41. The molecule has 0 atom stereocenters. The second kappa shape index (κ2) is 6.10. The lowest BCUT2D eigenvalue weighted by Gasteiger charge is -2.33. The zero-order valence-electron chi connectivity index (χ0n) is 11.6. The summed E-state index contributed by atoms with van der Waals surface area (Å²) in [6.07, 6.45) is 4.49. The fourth-order valence-electron chi connectivity index (χ4n) is 2.91. The molecule has 110 valence electrons. The van der Waals surface area contributed by atoms with Crippen molar-refractivity contribution < 1.29 is 8.42 Å². The number of nitrogens with zero attached hydrogens (tertiary/aromatic N) is 2. The molecule has 2 fully saturated rings. The Hall–Kier alpha value is -0.480. The Labute approximate surface area is 122 Å². The van der Waals surface area contributed by atoms with E-state index >= 15 is 0 Å². The lowest BCUT2D eigenvalue weighted by atomic mass is 10.4. The quantitative estimate of drug-likeness (QED) is 0.802. The topological polar surface area (TPSA) is 40.6 Å². The summed E-state index contributed by atoms with van der Waals surface area (Å²) in [5, 5.41) is 0. The lowest BCUT2D eigenvalue weighted by molar-refractivity contribution is 0.482. The van der Waals surface area contributed by atoms with Gasteiger partial charge < -0.3 is 0 Å². The molecule has 2 aliphatic heterocycles. The summed E-state index contributed by atoms with van der Waals surface area (Å²) in [7, 11) is -4.49. The van der Waals surface area contributed by atoms with Gasteiger partial charge in [-0.15, -0.1) is 0 Å². The van der Waals surface area contributed by atoms with Crippen molar-refractivity contribution >= 4 is 16.9 Å². The van der Waals surface area contributed by atoms with Gasteiger partial charge in [0.1, 0.15) is 0 Å². The van der Waals surface area contributed by atoms with Crippen LogP contribution in [-0.2, 0) is 9.46 Å². The van der Waals surface area contributed by atoms with E-state index in [0.717, 1.165) is 51.9 Å². The van der Waals surface area contributed by atoms with E-state index < -0.39 is 16.9 Å². The van der Waals surface area contributed by atoms with E-state index in [4.69, 9.17) is 0 Å². The van der Waals surface area contributed by atoms with Gasteiger partial charge in [-0.1, -0.05) is 18.2 Å². The lowest BCUT2D eigenvalue weighted by Crippen LogP contribution is -2.29. The molecule has 0 unspecified atom stereocenters. The fraction of sp³-hybridized carbons (Fsp3) is 0.571. The van der Waals surface area contributed by atoms with Gasteiger partial charge in [-0.25, -0.2) is 8.42 Å². The van der Waals surface area contributed by atoms with Crippen molar-refractivity contribution in [1.82, 2.24) is 9.34 Å². The van der Waals surface area contributed by atoms with Gasteiger partial charge in [0, 0.05) is 26.2 Å². The first kappa shape index (κ1) is 14.5. The zero-order chi connectivity index (χ0) is 14.0. The molecule has 2 heterocycles. The summed E-state index contributed by atoms with van der Waals surface area (Å²) in [5.74, 6) is 0. The summed E-state index contributed by atoms with van der Waals surface area (Å²) in [6.45, 7) is 3.70. The standard InChI is InChI=1S/C14H21N2O2PS/c17-20(18,14-8-2-1-3-9-14)19(15-10-4-5-11-15)16-12-6-7-13-16/h1-3,8-9H,4-7,10-13H2. The van der Waals surface area contributed by atoms with E-state index in [1.54, 1.807) is 12.1 Å². The smallest absolute Gasteiger partial charge is 0.223 e. The van der Waals surface area contributed by atoms with Gasteiger partial charge in [-0.2, -0.15) is 0 Å². The predicted octanol–water partition coefficient (Wildman–Crippen LogP) is 2.88. The van der Waals surface area contributed by atoms with E-state index in [0.29, 0.717) is 4.90 Å². The summed E-state index contributed by atoms with van der Waals surface area (Å²) < 4.78 is 30.5. The van der Waals surface area contributed by atoms with Gasteiger partial charge in [0.15, 0.2) is 7.42 Å². The van der Waals surface area contributed by atoms with Crippen LogP contribution in [0.2, 0.25) is 0 Å². The Morgan fingerprint density at radius 2 is 1.25 bits per heavy atom. The van der Waals surface area contributed by atoms with Crippen LogP contribution in [0.4, 0.5) is 0 Å². The van der Waals surface area contributed by atoms with Crippen molar-refractivity contribution in [2.75, 3.05) is 26.2 Å². The average molecular weight is 312 g/mol. The van der Waals surface area contributed by atoms with Crippen molar-refractivity contribution in [3.05, 3.63) is 30.3 Å². The molecule has 0 bridgehead atoms. The molecule has 1 aromatic carbocycles. The fourth-order valence-corrected chi connectivity index (χ4v) is 9.55. The van der Waals surface area contributed by atoms with E-state index in [1.165, 1.54) is 0 Å². The van der Waals surface area contributed by atoms with Crippen LogP contribution >= 0.6 is 7.42 Å². The highest BCUT2D eigenvalue weighted by Gasteiger charge is 2.40. The zero-order valence-corrected chi connectivity index (χ0v) is 13.3. The highest BCUT2D eigenvalue weighted by molar-refractivity contribution is 8.48. The van der Waals surface area contributed by atoms with Crippen LogP contribution in [-0.4, -0.2) is 43.9 Å². The molecular formula is C14H21N2O2PS. The van der Waals surface area contributed by atoms with Crippen molar-refractivity contribution in [3.8, 4) is 0 Å². The molecule has 1 aromatic rings. The molecule has 0 saturated carbocycles. The number of benzene rings is 1. The monoisotopic (exact) mass is 312 g/mol. The summed E-state index contributed by atoms with van der Waals surface area (Å²) in [5.41, 5.74) is 0. The van der Waals surface area contributed by atoms with Crippen LogP contribution in [0.15, 0.2) is 35.2 Å². The van der Waals surface area contributed by atoms with Crippen molar-refractivity contribution in [3.63, 3.8) is 0 Å². The van der Waals surface area contributed by atoms with E-state index in [2.05, 4.69) is 9.34 Å². The highest BCUT2D eigenvalue weighted by atomic mass is 32.8. The third-order valence-corrected chi connectivity index (χ3v) is 10.3. The minimum Gasteiger partial charge on any atom is -0.257 e. The van der Waals surface area contributed by atoms with Crippen molar-refractivity contribution in [2.45, 2.75) is 30.6 Å². The van der Waals surface area contributed by atoms with Crippen LogP contribution in [0.1, 0.15) is 25.7 Å². The largest absolute Gasteiger partial charge is 0.257 e. The van der Waals surface area contributed by atoms with Gasteiger partial charge >= 0.3 is 0 Å². The Balaban J connectivity index is 1.95. The van der Waals surface area contributed by atoms with E-state index in [-0.39, 0.29) is 0 Å². The Morgan fingerprint density at radius 3 is 1.70 bits per heavy atom. The molecular weight excluding hydrogens is 291 g/mol. The van der Waals surface area contributed by atoms with Gasteiger partial charge in [0.2, 0.25) is 9.46 Å². The van der Waals surface area contributed by atoms with Gasteiger partial charge in [-0.05, 0) is 37.8 Å². The summed E-state index contributed by atoms with van der Waals surface area (Å²) in [6, 6.07) is 8.96. The Morgan fingerprint density at radius 1 is 0.800 bits per heavy atom. The second-order valence-electron chi connectivity index (χ2n) is 5.36. The molecule has 20 heavy (non-hydrogen) atoms. The minimum absolute atomic E-state index is 0.477. The molecule has 0 aliphatic carbocycles. The van der Waals surface area contributed by atoms with Crippen molar-refractivity contribution in [2.24, 2.45) is 0 Å². The van der Waals surface area contributed by atoms with Gasteiger partial charge in [0.05, 0.1) is 4.90 Å². The average Bonchev–Trinajstić information content (AvgIpc) is 3.14. The van der Waals surface area contributed by atoms with Crippen LogP contribution in [0.3, 0.4) is 0 Å². The molecule has 0 aromatic heterocycles. The maximum atomic E-state index is 13.1. The van der Waals surface area contributed by atoms with E-state index in [1.807, 2.05) is 18.2 Å². The second-order valence-corrected chi connectivity index (χ2v) is 10.8. The van der Waals surface area contributed by atoms with Crippen molar-refractivity contribution in [1.29, 1.82) is 0 Å². The molecule has 6 heteroatoms. The maximum Gasteiger partial charge on any atom is 0.223 e. The van der Waals surface area contributed by atoms with Gasteiger partial charge in [-0.3, -0.25) is 9.34 Å². The number of rotatable bonds is 4. The van der Waals surface area contributed by atoms with Crippen LogP contribution in [0.25, 0.3) is 0 Å². The molecule has 0 amide bonds. The van der Waals surface area contributed by atoms with Crippen LogP contribution in [0, 0.1) is 0 Å². The third kappa shape index (κ3) is 2.77. The SMILES string of the molecule is O=S(=O)(c1ccccc1)P(N1CCCC1)N1CCCC1. The molecule has 3 rings (SSSR count). The molecule has 0 spiro atoms. The van der Waals surface area contributed by atoms with Gasteiger partial charge in [0.25, 0.3) is 0 Å². The molecule has 2 aliphatic rings. The van der Waals surface area contributed by atoms with E-state index in [9.17, 15) is 8.42 Å². The summed E-state index contributed by atoms with van der Waals surface area (Å²) in [4.78, 5) is 0.477. The minimum atomic E-state index is -3.25. The molecule has 0 N–H and O–H groups in total. The first-order chi connectivity index (χ1) is 9.69. The summed E-state index contributed by atoms with van der Waals surface area (Å²) >= 11 is 0. The van der Waals surface area contributed by atoms with Crippen LogP contribution in [0.5, 0.6) is 0 Å². The number of hydrogen-bond donors (Lipinski definition) is 0. The first-order valence-electron chi connectivity index (χ1n) is 7.30. The molecule has 0 radical (unpaired) electrons. The first-order valence-corrected chi connectivity index (χ1v) is 10.6. The maximum absolute atomic E-state index is 13.1.